The molecule has 0 aliphatic carbocycles. The first-order valence-electron chi connectivity index (χ1n) is 9.78. The summed E-state index contributed by atoms with van der Waals surface area (Å²) in [6, 6.07) is 15.0. The number of halogens is 1. The third-order valence-corrected chi connectivity index (χ3v) is 5.21. The van der Waals surface area contributed by atoms with Crippen molar-refractivity contribution < 1.29 is 14.3 Å². The monoisotopic (exact) mass is 519 g/mol. The number of aromatic amines is 1. The molecule has 2 amide bonds. The van der Waals surface area contributed by atoms with Gasteiger partial charge in [0.1, 0.15) is 11.6 Å². The normalized spacial score (nSPS) is 12.4. The van der Waals surface area contributed by atoms with Gasteiger partial charge in [-0.25, -0.2) is 4.79 Å². The summed E-state index contributed by atoms with van der Waals surface area (Å²) in [5.74, 6) is -0.260. The number of rotatable bonds is 6. The minimum atomic E-state index is -0.761. The summed E-state index contributed by atoms with van der Waals surface area (Å²) in [6.07, 6.45) is 1.61. The number of H-pyrrole nitrogens is 1. The number of amides is 2. The Bertz CT molecular complexity index is 1020. The second-order valence-corrected chi connectivity index (χ2v) is 9.35. The standard InChI is InChI=1S/C23H26IN3O3/c1-23(2,3)30-22(29)27-20(12-16-14-25-19-7-5-4-6-18(16)19)21(28)26-13-15-8-10-17(24)11-9-15/h4-11,14,20,25H,12-13H2,1-3H3,(H,26,28)(H,27,29)/t20-/m0/s1. The zero-order valence-electron chi connectivity index (χ0n) is 17.3. The molecule has 2 aromatic carbocycles. The molecule has 30 heavy (non-hydrogen) atoms. The number of para-hydroxylation sites is 1. The molecule has 0 spiro atoms. The largest absolute Gasteiger partial charge is 0.444 e. The molecule has 3 aromatic rings. The maximum Gasteiger partial charge on any atom is 0.408 e. The van der Waals surface area contributed by atoms with Crippen LogP contribution in [0.2, 0.25) is 0 Å². The average Bonchev–Trinajstić information content (AvgIpc) is 3.08. The van der Waals surface area contributed by atoms with Gasteiger partial charge in [-0.05, 0) is 72.7 Å². The van der Waals surface area contributed by atoms with Crippen LogP contribution < -0.4 is 10.6 Å². The van der Waals surface area contributed by atoms with Crippen molar-refractivity contribution in [3.63, 3.8) is 0 Å². The zero-order valence-corrected chi connectivity index (χ0v) is 19.4. The van der Waals surface area contributed by atoms with Crippen molar-refractivity contribution in [2.24, 2.45) is 0 Å². The van der Waals surface area contributed by atoms with Crippen molar-refractivity contribution >= 4 is 45.5 Å². The molecule has 1 atom stereocenters. The van der Waals surface area contributed by atoms with Gasteiger partial charge in [-0.1, -0.05) is 30.3 Å². The first-order chi connectivity index (χ1) is 14.2. The summed E-state index contributed by atoms with van der Waals surface area (Å²) in [5, 5.41) is 6.69. The second-order valence-electron chi connectivity index (χ2n) is 8.11. The van der Waals surface area contributed by atoms with Crippen molar-refractivity contribution in [1.82, 2.24) is 15.6 Å². The predicted octanol–water partition coefficient (Wildman–Crippen LogP) is 4.52. The Morgan fingerprint density at radius 3 is 2.50 bits per heavy atom. The van der Waals surface area contributed by atoms with E-state index in [2.05, 4.69) is 38.2 Å². The van der Waals surface area contributed by atoms with Crippen LogP contribution in [0.3, 0.4) is 0 Å². The van der Waals surface area contributed by atoms with E-state index < -0.39 is 17.7 Å². The van der Waals surface area contributed by atoms with Crippen LogP contribution in [0.1, 0.15) is 31.9 Å². The van der Waals surface area contributed by atoms with E-state index in [0.29, 0.717) is 13.0 Å². The Balaban J connectivity index is 1.74. The van der Waals surface area contributed by atoms with Crippen molar-refractivity contribution in [3.8, 4) is 0 Å². The summed E-state index contributed by atoms with van der Waals surface area (Å²) in [6.45, 7) is 5.75. The molecule has 7 heteroatoms. The van der Waals surface area contributed by atoms with E-state index in [1.807, 2.05) is 54.7 Å². The molecule has 6 nitrogen and oxygen atoms in total. The van der Waals surface area contributed by atoms with E-state index in [1.54, 1.807) is 20.8 Å². The fourth-order valence-corrected chi connectivity index (χ4v) is 3.45. The van der Waals surface area contributed by atoms with Crippen LogP contribution in [-0.4, -0.2) is 28.6 Å². The van der Waals surface area contributed by atoms with Gasteiger partial charge in [-0.3, -0.25) is 4.79 Å². The summed E-state index contributed by atoms with van der Waals surface area (Å²) >= 11 is 2.24. The molecule has 0 unspecified atom stereocenters. The molecule has 0 fully saturated rings. The van der Waals surface area contributed by atoms with Gasteiger partial charge in [0.25, 0.3) is 0 Å². The molecule has 3 rings (SSSR count). The van der Waals surface area contributed by atoms with Crippen LogP contribution in [0.4, 0.5) is 4.79 Å². The summed E-state index contributed by atoms with van der Waals surface area (Å²) in [5.41, 5.74) is 2.29. The Kier molecular flexibility index (Phi) is 7.02. The predicted molar refractivity (Wildman–Crippen MR) is 126 cm³/mol. The molecule has 0 bridgehead atoms. The van der Waals surface area contributed by atoms with Crippen LogP contribution in [0.25, 0.3) is 10.9 Å². The number of hydrogen-bond acceptors (Lipinski definition) is 3. The van der Waals surface area contributed by atoms with E-state index in [4.69, 9.17) is 4.74 Å². The molecule has 1 aromatic heterocycles. The lowest BCUT2D eigenvalue weighted by atomic mass is 10.0. The molecule has 0 aliphatic rings. The first kappa shape index (κ1) is 22.1. The van der Waals surface area contributed by atoms with Crippen molar-refractivity contribution in [2.75, 3.05) is 0 Å². The lowest BCUT2D eigenvalue weighted by Crippen LogP contribution is -2.49. The number of carbonyl (C=O) groups is 2. The fraction of sp³-hybridized carbons (Fsp3) is 0.304. The molecular formula is C23H26IN3O3. The van der Waals surface area contributed by atoms with Crippen LogP contribution in [-0.2, 0) is 22.5 Å². The SMILES string of the molecule is CC(C)(C)OC(=O)N[C@@H](Cc1c[nH]c2ccccc12)C(=O)NCc1ccc(I)cc1. The van der Waals surface area contributed by atoms with Gasteiger partial charge in [-0.2, -0.15) is 0 Å². The van der Waals surface area contributed by atoms with Crippen molar-refractivity contribution in [2.45, 2.75) is 45.4 Å². The Hall–Kier alpha value is -2.55. The van der Waals surface area contributed by atoms with Gasteiger partial charge in [0.15, 0.2) is 0 Å². The second kappa shape index (κ2) is 9.51. The molecule has 3 N–H and O–H groups in total. The van der Waals surface area contributed by atoms with E-state index in [9.17, 15) is 9.59 Å². The molecule has 158 valence electrons. The minimum Gasteiger partial charge on any atom is -0.444 e. The fourth-order valence-electron chi connectivity index (χ4n) is 3.09. The minimum absolute atomic E-state index is 0.260. The number of aromatic nitrogens is 1. The maximum atomic E-state index is 13.0. The number of ether oxygens (including phenoxy) is 1. The topological polar surface area (TPSA) is 83.2 Å². The number of hydrogen-bond donors (Lipinski definition) is 3. The van der Waals surface area contributed by atoms with Crippen molar-refractivity contribution in [3.05, 3.63) is 69.4 Å². The van der Waals surface area contributed by atoms with Crippen molar-refractivity contribution in [1.29, 1.82) is 0 Å². The molecule has 1 heterocycles. The smallest absolute Gasteiger partial charge is 0.408 e. The number of benzene rings is 2. The highest BCUT2D eigenvalue weighted by molar-refractivity contribution is 14.1. The van der Waals surface area contributed by atoms with E-state index in [1.165, 1.54) is 0 Å². The van der Waals surface area contributed by atoms with E-state index in [0.717, 1.165) is 25.6 Å². The van der Waals surface area contributed by atoms with Crippen LogP contribution in [0.5, 0.6) is 0 Å². The number of fused-ring (bicyclic) bond motifs is 1. The zero-order chi connectivity index (χ0) is 21.7. The van der Waals surface area contributed by atoms with Gasteiger partial charge in [0.2, 0.25) is 5.91 Å². The molecular weight excluding hydrogens is 493 g/mol. The lowest BCUT2D eigenvalue weighted by molar-refractivity contribution is -0.123. The number of nitrogens with one attached hydrogen (secondary N) is 3. The summed E-state index contributed by atoms with van der Waals surface area (Å²) in [7, 11) is 0. The van der Waals surface area contributed by atoms with Gasteiger partial charge in [-0.15, -0.1) is 0 Å². The van der Waals surface area contributed by atoms with Crippen LogP contribution in [0, 0.1) is 3.57 Å². The third-order valence-electron chi connectivity index (χ3n) is 4.49. The Morgan fingerprint density at radius 1 is 1.10 bits per heavy atom. The van der Waals surface area contributed by atoms with Crippen LogP contribution >= 0.6 is 22.6 Å². The van der Waals surface area contributed by atoms with Gasteiger partial charge >= 0.3 is 6.09 Å². The number of carbonyl (C=O) groups excluding carboxylic acids is 2. The Labute approximate surface area is 189 Å². The molecule has 0 aliphatic heterocycles. The van der Waals surface area contributed by atoms with Gasteiger partial charge in [0.05, 0.1) is 0 Å². The highest BCUT2D eigenvalue weighted by Gasteiger charge is 2.25. The maximum absolute atomic E-state index is 13.0. The van der Waals surface area contributed by atoms with Gasteiger partial charge in [0, 0.05) is 33.6 Å². The highest BCUT2D eigenvalue weighted by Crippen LogP contribution is 2.19. The first-order valence-corrected chi connectivity index (χ1v) is 10.9. The molecule has 0 saturated carbocycles. The van der Waals surface area contributed by atoms with E-state index >= 15 is 0 Å². The lowest BCUT2D eigenvalue weighted by Gasteiger charge is -2.23. The third kappa shape index (κ3) is 6.22. The molecule has 0 radical (unpaired) electrons. The summed E-state index contributed by atoms with van der Waals surface area (Å²) < 4.78 is 6.49. The molecule has 0 saturated heterocycles. The Morgan fingerprint density at radius 2 is 1.80 bits per heavy atom. The van der Waals surface area contributed by atoms with Gasteiger partial charge < -0.3 is 20.4 Å². The van der Waals surface area contributed by atoms with E-state index in [-0.39, 0.29) is 5.91 Å². The number of alkyl carbamates (subject to hydrolysis) is 1. The van der Waals surface area contributed by atoms with Crippen LogP contribution in [0.15, 0.2) is 54.7 Å². The summed E-state index contributed by atoms with van der Waals surface area (Å²) in [4.78, 5) is 28.5. The highest BCUT2D eigenvalue weighted by atomic mass is 127. The average molecular weight is 519 g/mol. The quantitative estimate of drug-likeness (QED) is 0.419.